The quantitative estimate of drug-likeness (QED) is 0.361. The normalized spacial score (nSPS) is 11.1. The van der Waals surface area contributed by atoms with Gasteiger partial charge in [0, 0.05) is 0 Å². The average Bonchev–Trinajstić information content (AvgIpc) is 2.21. The van der Waals surface area contributed by atoms with Gasteiger partial charge in [-0.15, -0.1) is 0 Å². The number of carboxylic acid groups (broad SMARTS) is 2. The molecule has 4 nitrogen and oxygen atoms in total. The lowest BCUT2D eigenvalue weighted by Gasteiger charge is -2.00. The molecule has 0 aromatic rings. The highest BCUT2D eigenvalue weighted by atomic mass is 16.4. The molecule has 4 heteroatoms. The summed E-state index contributed by atoms with van der Waals surface area (Å²) >= 11 is 0. The SMILES string of the molecule is CCCCCCC/C=C/C(C(=O)O)C(=O)O. The molecule has 0 aliphatic rings. The summed E-state index contributed by atoms with van der Waals surface area (Å²) in [5, 5.41) is 17.2. The van der Waals surface area contributed by atoms with E-state index >= 15 is 0 Å². The molecule has 0 fully saturated rings. The molecule has 0 saturated heterocycles. The lowest BCUT2D eigenvalue weighted by Crippen LogP contribution is -2.20. The largest absolute Gasteiger partial charge is 0.480 e. The molecular formula is C12H20O4. The molecule has 0 unspecified atom stereocenters. The molecule has 0 rings (SSSR count). The van der Waals surface area contributed by atoms with E-state index in [-0.39, 0.29) is 0 Å². The third-order valence-electron chi connectivity index (χ3n) is 2.33. The van der Waals surface area contributed by atoms with Crippen LogP contribution < -0.4 is 0 Å². The van der Waals surface area contributed by atoms with Gasteiger partial charge in [0.1, 0.15) is 0 Å². The molecule has 0 spiro atoms. The van der Waals surface area contributed by atoms with Crippen LogP contribution in [0.4, 0.5) is 0 Å². The summed E-state index contributed by atoms with van der Waals surface area (Å²) in [6, 6.07) is 0. The molecule has 0 atom stereocenters. The zero-order valence-corrected chi connectivity index (χ0v) is 9.69. The fourth-order valence-electron chi connectivity index (χ4n) is 1.37. The van der Waals surface area contributed by atoms with Crippen LogP contribution in [0.15, 0.2) is 12.2 Å². The Bertz CT molecular complexity index is 231. The van der Waals surface area contributed by atoms with Crippen LogP contribution in [0.3, 0.4) is 0 Å². The molecule has 0 radical (unpaired) electrons. The van der Waals surface area contributed by atoms with E-state index in [1.54, 1.807) is 6.08 Å². The summed E-state index contributed by atoms with van der Waals surface area (Å²) < 4.78 is 0. The smallest absolute Gasteiger partial charge is 0.321 e. The van der Waals surface area contributed by atoms with Crippen LogP contribution in [0.5, 0.6) is 0 Å². The van der Waals surface area contributed by atoms with Crippen LogP contribution in [0.2, 0.25) is 0 Å². The fourth-order valence-corrected chi connectivity index (χ4v) is 1.37. The Labute approximate surface area is 96.0 Å². The Hall–Kier alpha value is -1.32. The standard InChI is InChI=1S/C12H20O4/c1-2-3-4-5-6-7-8-9-10(11(13)14)12(15)16/h8-10H,2-7H2,1H3,(H,13,14)(H,15,16)/b9-8+. The van der Waals surface area contributed by atoms with Crippen molar-refractivity contribution >= 4 is 11.9 Å². The minimum absolute atomic E-state index is 0.751. The molecule has 0 saturated carbocycles. The maximum Gasteiger partial charge on any atom is 0.321 e. The number of aliphatic carboxylic acids is 2. The summed E-state index contributed by atoms with van der Waals surface area (Å²) in [7, 11) is 0. The van der Waals surface area contributed by atoms with Crippen LogP contribution in [-0.4, -0.2) is 22.2 Å². The number of unbranched alkanes of at least 4 members (excludes halogenated alkanes) is 5. The zero-order valence-electron chi connectivity index (χ0n) is 9.69. The van der Waals surface area contributed by atoms with Gasteiger partial charge in [0.05, 0.1) is 0 Å². The predicted octanol–water partition coefficient (Wildman–Crippen LogP) is 2.69. The van der Waals surface area contributed by atoms with Crippen molar-refractivity contribution in [1.82, 2.24) is 0 Å². The molecule has 0 aromatic heterocycles. The number of carbonyl (C=O) groups is 2. The second kappa shape index (κ2) is 8.95. The number of hydrogen-bond acceptors (Lipinski definition) is 2. The van der Waals surface area contributed by atoms with E-state index in [1.807, 2.05) is 0 Å². The second-order valence-electron chi connectivity index (χ2n) is 3.79. The van der Waals surface area contributed by atoms with Gasteiger partial charge < -0.3 is 10.2 Å². The molecule has 0 heterocycles. The maximum atomic E-state index is 10.5. The lowest BCUT2D eigenvalue weighted by molar-refractivity contribution is -0.151. The Morgan fingerprint density at radius 2 is 1.62 bits per heavy atom. The summed E-state index contributed by atoms with van der Waals surface area (Å²) in [6.07, 6.45) is 9.35. The van der Waals surface area contributed by atoms with Crippen LogP contribution in [0.25, 0.3) is 0 Å². The first-order chi connectivity index (χ1) is 7.59. The van der Waals surface area contributed by atoms with E-state index in [1.165, 1.54) is 25.3 Å². The second-order valence-corrected chi connectivity index (χ2v) is 3.79. The van der Waals surface area contributed by atoms with E-state index in [9.17, 15) is 9.59 Å². The van der Waals surface area contributed by atoms with Gasteiger partial charge in [-0.05, 0) is 12.8 Å². The first kappa shape index (κ1) is 14.7. The van der Waals surface area contributed by atoms with Gasteiger partial charge in [0.25, 0.3) is 0 Å². The molecular weight excluding hydrogens is 208 g/mol. The van der Waals surface area contributed by atoms with Gasteiger partial charge in [0.2, 0.25) is 0 Å². The zero-order chi connectivity index (χ0) is 12.4. The highest BCUT2D eigenvalue weighted by Gasteiger charge is 2.21. The molecule has 0 aromatic carbocycles. The van der Waals surface area contributed by atoms with Crippen molar-refractivity contribution in [3.05, 3.63) is 12.2 Å². The van der Waals surface area contributed by atoms with Crippen molar-refractivity contribution in [2.24, 2.45) is 5.92 Å². The molecule has 2 N–H and O–H groups in total. The van der Waals surface area contributed by atoms with Gasteiger partial charge >= 0.3 is 11.9 Å². The summed E-state index contributed by atoms with van der Waals surface area (Å²) in [6.45, 7) is 2.14. The molecule has 92 valence electrons. The van der Waals surface area contributed by atoms with Crippen LogP contribution in [0.1, 0.15) is 45.4 Å². The van der Waals surface area contributed by atoms with Crippen LogP contribution in [0, 0.1) is 5.92 Å². The lowest BCUT2D eigenvalue weighted by atomic mass is 10.1. The monoisotopic (exact) mass is 228 g/mol. The molecule has 0 amide bonds. The van der Waals surface area contributed by atoms with Gasteiger partial charge in [-0.3, -0.25) is 9.59 Å². The van der Waals surface area contributed by atoms with Crippen molar-refractivity contribution < 1.29 is 19.8 Å². The first-order valence-electron chi connectivity index (χ1n) is 5.71. The topological polar surface area (TPSA) is 74.6 Å². The minimum Gasteiger partial charge on any atom is -0.480 e. The first-order valence-corrected chi connectivity index (χ1v) is 5.71. The third kappa shape index (κ3) is 7.04. The predicted molar refractivity (Wildman–Crippen MR) is 61.3 cm³/mol. The van der Waals surface area contributed by atoms with Crippen LogP contribution >= 0.6 is 0 Å². The van der Waals surface area contributed by atoms with Gasteiger partial charge in [0.15, 0.2) is 5.92 Å². The summed E-state index contributed by atoms with van der Waals surface area (Å²) in [5.41, 5.74) is 0. The molecule has 0 aliphatic carbocycles. The van der Waals surface area contributed by atoms with Gasteiger partial charge in [-0.1, -0.05) is 44.8 Å². The van der Waals surface area contributed by atoms with Gasteiger partial charge in [-0.2, -0.15) is 0 Å². The van der Waals surface area contributed by atoms with E-state index in [2.05, 4.69) is 6.92 Å². The summed E-state index contributed by atoms with van der Waals surface area (Å²) in [4.78, 5) is 21.0. The fraction of sp³-hybridized carbons (Fsp3) is 0.667. The number of hydrogen-bond donors (Lipinski definition) is 2. The number of carboxylic acids is 2. The molecule has 0 aliphatic heterocycles. The maximum absolute atomic E-state index is 10.5. The van der Waals surface area contributed by atoms with E-state index in [0.29, 0.717) is 0 Å². The minimum atomic E-state index is -1.41. The highest BCUT2D eigenvalue weighted by Crippen LogP contribution is 2.07. The van der Waals surface area contributed by atoms with Crippen molar-refractivity contribution in [1.29, 1.82) is 0 Å². The van der Waals surface area contributed by atoms with Gasteiger partial charge in [-0.25, -0.2) is 0 Å². The van der Waals surface area contributed by atoms with Crippen molar-refractivity contribution in [2.45, 2.75) is 45.4 Å². The van der Waals surface area contributed by atoms with Crippen molar-refractivity contribution in [2.75, 3.05) is 0 Å². The average molecular weight is 228 g/mol. The Morgan fingerprint density at radius 1 is 1.06 bits per heavy atom. The Balaban J connectivity index is 3.72. The highest BCUT2D eigenvalue weighted by molar-refractivity contribution is 5.94. The van der Waals surface area contributed by atoms with E-state index < -0.39 is 17.9 Å². The number of rotatable bonds is 9. The van der Waals surface area contributed by atoms with Crippen molar-refractivity contribution in [3.8, 4) is 0 Å². The third-order valence-corrected chi connectivity index (χ3v) is 2.33. The number of allylic oxidation sites excluding steroid dienone is 1. The Kier molecular flexibility index (Phi) is 8.21. The van der Waals surface area contributed by atoms with Crippen molar-refractivity contribution in [3.63, 3.8) is 0 Å². The van der Waals surface area contributed by atoms with E-state index in [4.69, 9.17) is 10.2 Å². The molecule has 0 bridgehead atoms. The molecule has 16 heavy (non-hydrogen) atoms. The van der Waals surface area contributed by atoms with Crippen LogP contribution in [-0.2, 0) is 9.59 Å². The Morgan fingerprint density at radius 3 is 2.12 bits per heavy atom. The summed E-state index contributed by atoms with van der Waals surface area (Å²) in [5.74, 6) is -4.03. The van der Waals surface area contributed by atoms with E-state index in [0.717, 1.165) is 19.3 Å².